The van der Waals surface area contributed by atoms with Crippen LogP contribution in [0.5, 0.6) is 0 Å². The van der Waals surface area contributed by atoms with E-state index in [4.69, 9.17) is 0 Å². The number of aromatic nitrogens is 5. The van der Waals surface area contributed by atoms with Crippen LogP contribution in [-0.2, 0) is 6.54 Å². The average Bonchev–Trinajstić information content (AvgIpc) is 2.99. The summed E-state index contributed by atoms with van der Waals surface area (Å²) in [6.07, 6.45) is 3.76. The van der Waals surface area contributed by atoms with Crippen molar-refractivity contribution in [3.63, 3.8) is 0 Å². The SMILES string of the molecule is CC(NCc1cncc2ccccc12)c1nn[nH]n1. The lowest BCUT2D eigenvalue weighted by Gasteiger charge is -2.11. The first-order valence-electron chi connectivity index (χ1n) is 6.13. The molecule has 1 unspecified atom stereocenters. The van der Waals surface area contributed by atoms with Crippen LogP contribution in [0, 0.1) is 0 Å². The van der Waals surface area contributed by atoms with Gasteiger partial charge in [0.1, 0.15) is 0 Å². The van der Waals surface area contributed by atoms with E-state index in [1.54, 1.807) is 0 Å². The van der Waals surface area contributed by atoms with Gasteiger partial charge in [-0.1, -0.05) is 29.5 Å². The molecule has 0 amide bonds. The summed E-state index contributed by atoms with van der Waals surface area (Å²) in [6, 6.07) is 8.26. The van der Waals surface area contributed by atoms with Crippen molar-refractivity contribution in [2.24, 2.45) is 0 Å². The number of nitrogens with one attached hydrogen (secondary N) is 2. The number of hydrogen-bond donors (Lipinski definition) is 2. The topological polar surface area (TPSA) is 79.4 Å². The highest BCUT2D eigenvalue weighted by atomic mass is 15.5. The summed E-state index contributed by atoms with van der Waals surface area (Å²) < 4.78 is 0. The predicted molar refractivity (Wildman–Crippen MR) is 71.2 cm³/mol. The molecule has 3 aromatic rings. The molecule has 2 aromatic heterocycles. The van der Waals surface area contributed by atoms with Crippen molar-refractivity contribution in [3.8, 4) is 0 Å². The van der Waals surface area contributed by atoms with Crippen LogP contribution in [0.4, 0.5) is 0 Å². The molecule has 0 aliphatic rings. The number of fused-ring (bicyclic) bond motifs is 1. The van der Waals surface area contributed by atoms with E-state index in [2.05, 4.69) is 43.1 Å². The zero-order valence-corrected chi connectivity index (χ0v) is 10.5. The van der Waals surface area contributed by atoms with Crippen molar-refractivity contribution in [3.05, 3.63) is 48.0 Å². The minimum atomic E-state index is 0.0396. The first-order chi connectivity index (χ1) is 9.34. The number of rotatable bonds is 4. The van der Waals surface area contributed by atoms with Crippen molar-refractivity contribution in [2.75, 3.05) is 0 Å². The Morgan fingerprint density at radius 3 is 3.00 bits per heavy atom. The third-order valence-electron chi connectivity index (χ3n) is 3.10. The molecular formula is C13H14N6. The number of aromatic amines is 1. The fourth-order valence-electron chi connectivity index (χ4n) is 2.03. The van der Waals surface area contributed by atoms with E-state index in [0.29, 0.717) is 12.4 Å². The van der Waals surface area contributed by atoms with Gasteiger partial charge in [-0.25, -0.2) is 0 Å². The smallest absolute Gasteiger partial charge is 0.191 e. The van der Waals surface area contributed by atoms with Crippen LogP contribution in [0.3, 0.4) is 0 Å². The van der Waals surface area contributed by atoms with Crippen molar-refractivity contribution < 1.29 is 0 Å². The lowest BCUT2D eigenvalue weighted by Crippen LogP contribution is -2.19. The second-order valence-electron chi connectivity index (χ2n) is 4.39. The van der Waals surface area contributed by atoms with Crippen LogP contribution < -0.4 is 5.32 Å². The molecule has 0 radical (unpaired) electrons. The highest BCUT2D eigenvalue weighted by Crippen LogP contribution is 2.17. The molecule has 3 rings (SSSR count). The Bertz CT molecular complexity index is 658. The Labute approximate surface area is 110 Å². The van der Waals surface area contributed by atoms with E-state index in [-0.39, 0.29) is 6.04 Å². The van der Waals surface area contributed by atoms with Crippen molar-refractivity contribution in [1.82, 2.24) is 30.9 Å². The Kier molecular flexibility index (Phi) is 3.16. The summed E-state index contributed by atoms with van der Waals surface area (Å²) >= 11 is 0. The summed E-state index contributed by atoms with van der Waals surface area (Å²) in [5, 5.41) is 19.7. The Morgan fingerprint density at radius 1 is 1.26 bits per heavy atom. The van der Waals surface area contributed by atoms with Gasteiger partial charge in [0.25, 0.3) is 0 Å². The van der Waals surface area contributed by atoms with E-state index in [9.17, 15) is 0 Å². The highest BCUT2D eigenvalue weighted by Gasteiger charge is 2.10. The maximum atomic E-state index is 4.26. The standard InChI is InChI=1S/C13H14N6/c1-9(13-16-18-19-17-13)15-8-11-7-14-6-10-4-2-3-5-12(10)11/h2-7,9,15H,8H2,1H3,(H,16,17,18,19). The van der Waals surface area contributed by atoms with Crippen molar-refractivity contribution in [1.29, 1.82) is 0 Å². The summed E-state index contributed by atoms with van der Waals surface area (Å²) in [5.41, 5.74) is 1.16. The van der Waals surface area contributed by atoms with Gasteiger partial charge in [0.2, 0.25) is 0 Å². The molecule has 2 heterocycles. The molecule has 1 aromatic carbocycles. The Hall–Kier alpha value is -2.34. The molecule has 19 heavy (non-hydrogen) atoms. The molecule has 2 N–H and O–H groups in total. The van der Waals surface area contributed by atoms with Gasteiger partial charge in [0.05, 0.1) is 6.04 Å². The van der Waals surface area contributed by atoms with E-state index >= 15 is 0 Å². The number of H-pyrrole nitrogens is 1. The van der Waals surface area contributed by atoms with Crippen LogP contribution in [0.2, 0.25) is 0 Å². The fourth-order valence-corrected chi connectivity index (χ4v) is 2.03. The quantitative estimate of drug-likeness (QED) is 0.739. The number of tetrazole rings is 1. The summed E-state index contributed by atoms with van der Waals surface area (Å²) in [6.45, 7) is 2.72. The van der Waals surface area contributed by atoms with E-state index in [1.807, 2.05) is 31.5 Å². The minimum absolute atomic E-state index is 0.0396. The number of nitrogens with zero attached hydrogens (tertiary/aromatic N) is 4. The van der Waals surface area contributed by atoms with Crippen LogP contribution in [-0.4, -0.2) is 25.6 Å². The second kappa shape index (κ2) is 5.11. The minimum Gasteiger partial charge on any atom is -0.303 e. The van der Waals surface area contributed by atoms with Crippen LogP contribution >= 0.6 is 0 Å². The van der Waals surface area contributed by atoms with Crippen molar-refractivity contribution >= 4 is 10.8 Å². The number of pyridine rings is 1. The van der Waals surface area contributed by atoms with Gasteiger partial charge in [-0.3, -0.25) is 4.98 Å². The van der Waals surface area contributed by atoms with Gasteiger partial charge in [-0.05, 0) is 17.9 Å². The van der Waals surface area contributed by atoms with Crippen molar-refractivity contribution in [2.45, 2.75) is 19.5 Å². The molecule has 0 fully saturated rings. The first kappa shape index (κ1) is 11.7. The van der Waals surface area contributed by atoms with E-state index in [0.717, 1.165) is 10.9 Å². The third kappa shape index (κ3) is 2.43. The number of benzene rings is 1. The first-order valence-corrected chi connectivity index (χ1v) is 6.13. The van der Waals surface area contributed by atoms with Gasteiger partial charge in [-0.2, -0.15) is 5.21 Å². The van der Waals surface area contributed by atoms with Gasteiger partial charge < -0.3 is 5.32 Å². The van der Waals surface area contributed by atoms with Gasteiger partial charge >= 0.3 is 0 Å². The molecule has 96 valence electrons. The Morgan fingerprint density at radius 2 is 2.16 bits per heavy atom. The number of hydrogen-bond acceptors (Lipinski definition) is 5. The average molecular weight is 254 g/mol. The molecule has 0 aliphatic heterocycles. The normalized spacial score (nSPS) is 12.7. The summed E-state index contributed by atoms with van der Waals surface area (Å²) in [7, 11) is 0. The maximum Gasteiger partial charge on any atom is 0.191 e. The molecule has 6 heteroatoms. The molecule has 6 nitrogen and oxygen atoms in total. The largest absolute Gasteiger partial charge is 0.303 e. The lowest BCUT2D eigenvalue weighted by molar-refractivity contribution is 0.547. The van der Waals surface area contributed by atoms with Gasteiger partial charge in [0, 0.05) is 24.3 Å². The molecular weight excluding hydrogens is 240 g/mol. The van der Waals surface area contributed by atoms with Gasteiger partial charge in [-0.15, -0.1) is 10.2 Å². The maximum absolute atomic E-state index is 4.26. The summed E-state index contributed by atoms with van der Waals surface area (Å²) in [4.78, 5) is 4.26. The zero-order valence-electron chi connectivity index (χ0n) is 10.5. The molecule has 0 saturated carbocycles. The Balaban J connectivity index is 1.79. The molecule has 1 atom stereocenters. The predicted octanol–water partition coefficient (Wildman–Crippen LogP) is 1.60. The highest BCUT2D eigenvalue weighted by molar-refractivity contribution is 5.84. The van der Waals surface area contributed by atoms with E-state index in [1.165, 1.54) is 5.39 Å². The van der Waals surface area contributed by atoms with Crippen LogP contribution in [0.25, 0.3) is 10.8 Å². The lowest BCUT2D eigenvalue weighted by atomic mass is 10.1. The monoisotopic (exact) mass is 254 g/mol. The van der Waals surface area contributed by atoms with E-state index < -0.39 is 0 Å². The molecule has 0 aliphatic carbocycles. The molecule has 0 bridgehead atoms. The second-order valence-corrected chi connectivity index (χ2v) is 4.39. The molecule has 0 spiro atoms. The fraction of sp³-hybridized carbons (Fsp3) is 0.231. The van der Waals surface area contributed by atoms with Gasteiger partial charge in [0.15, 0.2) is 5.82 Å². The summed E-state index contributed by atoms with van der Waals surface area (Å²) in [5.74, 6) is 0.660. The van der Waals surface area contributed by atoms with Crippen LogP contribution in [0.1, 0.15) is 24.4 Å². The zero-order chi connectivity index (χ0) is 13.1. The van der Waals surface area contributed by atoms with Crippen LogP contribution in [0.15, 0.2) is 36.7 Å². The molecule has 0 saturated heterocycles. The third-order valence-corrected chi connectivity index (χ3v) is 3.10.